The van der Waals surface area contributed by atoms with E-state index in [0.29, 0.717) is 3.57 Å². The van der Waals surface area contributed by atoms with Crippen LogP contribution >= 0.6 is 22.6 Å². The number of benzene rings is 2. The number of halogens is 1. The maximum Gasteiger partial charge on any atom is 0.295 e. The van der Waals surface area contributed by atoms with Gasteiger partial charge in [0.15, 0.2) is 0 Å². The van der Waals surface area contributed by atoms with Crippen molar-refractivity contribution in [3.05, 3.63) is 52.1 Å². The molecule has 0 saturated heterocycles. The van der Waals surface area contributed by atoms with E-state index >= 15 is 0 Å². The van der Waals surface area contributed by atoms with Gasteiger partial charge in [0.05, 0.1) is 0 Å². The van der Waals surface area contributed by atoms with Crippen LogP contribution in [0.4, 0.5) is 0 Å². The predicted molar refractivity (Wildman–Crippen MR) is 74.4 cm³/mol. The van der Waals surface area contributed by atoms with Gasteiger partial charge in [-0.2, -0.15) is 8.42 Å². The highest BCUT2D eigenvalue weighted by atomic mass is 127. The third-order valence-electron chi connectivity index (χ3n) is 2.32. The van der Waals surface area contributed by atoms with Crippen LogP contribution in [-0.2, 0) is 10.1 Å². The number of hydrogen-bond donors (Lipinski definition) is 1. The summed E-state index contributed by atoms with van der Waals surface area (Å²) >= 11 is 1.90. The van der Waals surface area contributed by atoms with Crippen LogP contribution in [0.25, 0.3) is 11.1 Å². The van der Waals surface area contributed by atoms with Crippen molar-refractivity contribution in [1.82, 2.24) is 0 Å². The maximum absolute atomic E-state index is 11.1. The van der Waals surface area contributed by atoms with Crippen molar-refractivity contribution in [2.45, 2.75) is 4.90 Å². The molecule has 17 heavy (non-hydrogen) atoms. The van der Waals surface area contributed by atoms with E-state index in [0.717, 1.165) is 11.1 Å². The van der Waals surface area contributed by atoms with Crippen molar-refractivity contribution in [3.8, 4) is 11.1 Å². The van der Waals surface area contributed by atoms with Gasteiger partial charge < -0.3 is 0 Å². The largest absolute Gasteiger partial charge is 0.295 e. The van der Waals surface area contributed by atoms with E-state index in [9.17, 15) is 8.42 Å². The Kier molecular flexibility index (Phi) is 3.50. The Balaban J connectivity index is 2.53. The summed E-state index contributed by atoms with van der Waals surface area (Å²) in [6.45, 7) is 0. The Morgan fingerprint density at radius 1 is 0.941 bits per heavy atom. The SMILES string of the molecule is O=S(=O)(O)c1ccc(-c2ccccc2)cc1I. The van der Waals surface area contributed by atoms with Crippen molar-refractivity contribution in [2.24, 2.45) is 0 Å². The Hall–Kier alpha value is -0.920. The first-order valence-corrected chi connectivity index (χ1v) is 7.33. The molecule has 5 heteroatoms. The summed E-state index contributed by atoms with van der Waals surface area (Å²) in [6, 6.07) is 14.5. The van der Waals surface area contributed by atoms with E-state index in [4.69, 9.17) is 4.55 Å². The van der Waals surface area contributed by atoms with Crippen LogP contribution in [-0.4, -0.2) is 13.0 Å². The summed E-state index contributed by atoms with van der Waals surface area (Å²) in [5, 5.41) is 0. The lowest BCUT2D eigenvalue weighted by atomic mass is 10.1. The highest BCUT2D eigenvalue weighted by molar-refractivity contribution is 14.1. The van der Waals surface area contributed by atoms with Gasteiger partial charge in [-0.3, -0.25) is 4.55 Å². The van der Waals surface area contributed by atoms with Crippen molar-refractivity contribution in [1.29, 1.82) is 0 Å². The second-order valence-corrected chi connectivity index (χ2v) is 6.04. The lowest BCUT2D eigenvalue weighted by molar-refractivity contribution is 0.482. The molecule has 0 aromatic heterocycles. The van der Waals surface area contributed by atoms with Crippen LogP contribution in [0.3, 0.4) is 0 Å². The van der Waals surface area contributed by atoms with Crippen molar-refractivity contribution >= 4 is 32.7 Å². The maximum atomic E-state index is 11.1. The molecule has 88 valence electrons. The molecule has 3 nitrogen and oxygen atoms in total. The minimum Gasteiger partial charge on any atom is -0.282 e. The Morgan fingerprint density at radius 3 is 2.12 bits per heavy atom. The Labute approximate surface area is 113 Å². The first-order valence-electron chi connectivity index (χ1n) is 4.81. The predicted octanol–water partition coefficient (Wildman–Crippen LogP) is 3.20. The fourth-order valence-electron chi connectivity index (χ4n) is 1.52. The van der Waals surface area contributed by atoms with E-state index in [-0.39, 0.29) is 4.90 Å². The fourth-order valence-corrected chi connectivity index (χ4v) is 3.42. The molecule has 2 aromatic carbocycles. The van der Waals surface area contributed by atoms with Gasteiger partial charge in [0.1, 0.15) is 4.90 Å². The molecule has 0 radical (unpaired) electrons. The lowest BCUT2D eigenvalue weighted by Crippen LogP contribution is -2.00. The molecular weight excluding hydrogens is 351 g/mol. The standard InChI is InChI=1S/C12H9IO3S/c13-11-8-10(9-4-2-1-3-5-9)6-7-12(11)17(14,15)16/h1-8H,(H,14,15,16). The van der Waals surface area contributed by atoms with Crippen LogP contribution in [0.1, 0.15) is 0 Å². The van der Waals surface area contributed by atoms with Crippen LogP contribution in [0.2, 0.25) is 0 Å². The smallest absolute Gasteiger partial charge is 0.282 e. The third kappa shape index (κ3) is 2.85. The molecule has 1 N–H and O–H groups in total. The molecule has 0 saturated carbocycles. The van der Waals surface area contributed by atoms with Gasteiger partial charge in [-0.1, -0.05) is 36.4 Å². The summed E-state index contributed by atoms with van der Waals surface area (Å²) in [5.41, 5.74) is 1.93. The van der Waals surface area contributed by atoms with Gasteiger partial charge in [0.2, 0.25) is 0 Å². The van der Waals surface area contributed by atoms with Gasteiger partial charge in [-0.25, -0.2) is 0 Å². The zero-order valence-electron chi connectivity index (χ0n) is 8.67. The Morgan fingerprint density at radius 2 is 1.59 bits per heavy atom. The highest BCUT2D eigenvalue weighted by Crippen LogP contribution is 2.25. The first-order chi connectivity index (χ1) is 7.98. The molecule has 0 unspecified atom stereocenters. The van der Waals surface area contributed by atoms with E-state index in [1.165, 1.54) is 6.07 Å². The number of rotatable bonds is 2. The summed E-state index contributed by atoms with van der Waals surface area (Å²) in [5.74, 6) is 0. The topological polar surface area (TPSA) is 54.4 Å². The summed E-state index contributed by atoms with van der Waals surface area (Å²) in [6.07, 6.45) is 0. The molecule has 0 aliphatic rings. The third-order valence-corrected chi connectivity index (χ3v) is 4.49. The molecule has 0 heterocycles. The minimum atomic E-state index is -4.14. The molecule has 0 bridgehead atoms. The Bertz CT molecular complexity index is 636. The van der Waals surface area contributed by atoms with Gasteiger partial charge in [0, 0.05) is 3.57 Å². The summed E-state index contributed by atoms with van der Waals surface area (Å²) in [7, 11) is -4.14. The molecule has 0 aliphatic carbocycles. The zero-order valence-corrected chi connectivity index (χ0v) is 11.6. The van der Waals surface area contributed by atoms with E-state index in [2.05, 4.69) is 0 Å². The van der Waals surface area contributed by atoms with Gasteiger partial charge in [-0.05, 0) is 45.9 Å². The van der Waals surface area contributed by atoms with Crippen LogP contribution < -0.4 is 0 Å². The van der Waals surface area contributed by atoms with Gasteiger partial charge >= 0.3 is 0 Å². The molecule has 0 aliphatic heterocycles. The van der Waals surface area contributed by atoms with Crippen molar-refractivity contribution < 1.29 is 13.0 Å². The average Bonchev–Trinajstić information content (AvgIpc) is 2.28. The average molecular weight is 360 g/mol. The first kappa shape index (κ1) is 12.5. The zero-order chi connectivity index (χ0) is 12.5. The van der Waals surface area contributed by atoms with Gasteiger partial charge in [-0.15, -0.1) is 0 Å². The van der Waals surface area contributed by atoms with E-state index < -0.39 is 10.1 Å². The van der Waals surface area contributed by atoms with E-state index in [1.807, 2.05) is 52.9 Å². The molecular formula is C12H9IO3S. The normalized spacial score (nSPS) is 11.4. The minimum absolute atomic E-state index is 0.0576. The monoisotopic (exact) mass is 360 g/mol. The quantitative estimate of drug-likeness (QED) is 0.661. The lowest BCUT2D eigenvalue weighted by Gasteiger charge is -2.05. The molecule has 0 amide bonds. The molecule has 2 aromatic rings. The summed E-state index contributed by atoms with van der Waals surface area (Å²) in [4.78, 5) is -0.0576. The second kappa shape index (κ2) is 4.75. The van der Waals surface area contributed by atoms with Gasteiger partial charge in [0.25, 0.3) is 10.1 Å². The number of hydrogen-bond acceptors (Lipinski definition) is 2. The van der Waals surface area contributed by atoms with Crippen LogP contribution in [0.15, 0.2) is 53.4 Å². The van der Waals surface area contributed by atoms with Crippen molar-refractivity contribution in [2.75, 3.05) is 0 Å². The van der Waals surface area contributed by atoms with E-state index in [1.54, 1.807) is 12.1 Å². The molecule has 0 atom stereocenters. The summed E-state index contributed by atoms with van der Waals surface area (Å²) < 4.78 is 31.6. The van der Waals surface area contributed by atoms with Crippen LogP contribution in [0, 0.1) is 3.57 Å². The van der Waals surface area contributed by atoms with Crippen LogP contribution in [0.5, 0.6) is 0 Å². The fraction of sp³-hybridized carbons (Fsp3) is 0. The highest BCUT2D eigenvalue weighted by Gasteiger charge is 2.14. The molecule has 0 spiro atoms. The molecule has 2 rings (SSSR count). The van der Waals surface area contributed by atoms with Crippen molar-refractivity contribution in [3.63, 3.8) is 0 Å². The molecule has 0 fully saturated rings. The second-order valence-electron chi connectivity index (χ2n) is 3.49.